The number of benzene rings is 1. The summed E-state index contributed by atoms with van der Waals surface area (Å²) in [5, 5.41) is 3.31. The van der Waals surface area contributed by atoms with Crippen LogP contribution in [0.15, 0.2) is 36.5 Å². The lowest BCUT2D eigenvalue weighted by Crippen LogP contribution is -2.11. The zero-order valence-electron chi connectivity index (χ0n) is 10.8. The van der Waals surface area contributed by atoms with Gasteiger partial charge in [0, 0.05) is 11.3 Å². The van der Waals surface area contributed by atoms with Crippen LogP contribution >= 0.6 is 11.3 Å². The average molecular weight is 284 g/mol. The molecule has 0 aliphatic heterocycles. The largest absolute Gasteiger partial charge is 0.375 e. The van der Waals surface area contributed by atoms with Crippen LogP contribution in [-0.4, -0.2) is 15.9 Å². The Kier molecular flexibility index (Phi) is 3.08. The van der Waals surface area contributed by atoms with Gasteiger partial charge in [-0.25, -0.2) is 4.98 Å². The van der Waals surface area contributed by atoms with E-state index in [1.54, 1.807) is 24.4 Å². The Morgan fingerprint density at radius 3 is 2.90 bits per heavy atom. The Morgan fingerprint density at radius 2 is 2.15 bits per heavy atom. The summed E-state index contributed by atoms with van der Waals surface area (Å²) >= 11 is 1.37. The fraction of sp³-hybridized carbons (Fsp3) is 0.0714. The zero-order chi connectivity index (χ0) is 14.1. The predicted molar refractivity (Wildman–Crippen MR) is 81.0 cm³/mol. The van der Waals surface area contributed by atoms with Gasteiger partial charge in [-0.3, -0.25) is 9.78 Å². The molecule has 100 valence electrons. The molecule has 3 rings (SSSR count). The lowest BCUT2D eigenvalue weighted by Gasteiger charge is -2.05. The minimum atomic E-state index is -0.176. The predicted octanol–water partition coefficient (Wildman–Crippen LogP) is 2.83. The molecular formula is C14H12N4OS. The Bertz CT molecular complexity index is 779. The minimum Gasteiger partial charge on any atom is -0.375 e. The molecule has 1 aromatic carbocycles. The van der Waals surface area contributed by atoms with E-state index < -0.39 is 0 Å². The molecular weight excluding hydrogens is 272 g/mol. The number of thiazole rings is 1. The van der Waals surface area contributed by atoms with Crippen molar-refractivity contribution in [1.29, 1.82) is 0 Å². The van der Waals surface area contributed by atoms with E-state index in [1.807, 2.05) is 19.1 Å². The fourth-order valence-electron chi connectivity index (χ4n) is 1.83. The van der Waals surface area contributed by atoms with Gasteiger partial charge in [0.2, 0.25) is 0 Å². The number of amides is 1. The summed E-state index contributed by atoms with van der Waals surface area (Å²) in [4.78, 5) is 20.5. The highest BCUT2D eigenvalue weighted by molar-refractivity contribution is 7.22. The fourth-order valence-corrected chi connectivity index (χ4v) is 2.60. The molecule has 0 atom stereocenters. The second-order valence-corrected chi connectivity index (χ2v) is 5.44. The molecule has 2 aromatic heterocycles. The standard InChI is InChI=1S/C14H12N4OS/c1-8-2-4-10(7-16-8)17-13(19)9-3-5-11-12(6-9)20-14(15)18-11/h2-7H,1H3,(H2,15,18)(H,17,19). The van der Waals surface area contributed by atoms with Gasteiger partial charge in [0.05, 0.1) is 22.1 Å². The molecule has 0 fully saturated rings. The number of nitrogens with zero attached hydrogens (tertiary/aromatic N) is 2. The van der Waals surface area contributed by atoms with Crippen LogP contribution in [0, 0.1) is 6.92 Å². The van der Waals surface area contributed by atoms with E-state index in [-0.39, 0.29) is 5.91 Å². The van der Waals surface area contributed by atoms with Crippen LogP contribution in [0.4, 0.5) is 10.8 Å². The SMILES string of the molecule is Cc1ccc(NC(=O)c2ccc3nc(N)sc3c2)cn1. The molecule has 20 heavy (non-hydrogen) atoms. The maximum atomic E-state index is 12.2. The zero-order valence-corrected chi connectivity index (χ0v) is 11.6. The van der Waals surface area contributed by atoms with Crippen molar-refractivity contribution in [2.75, 3.05) is 11.1 Å². The molecule has 0 aliphatic rings. The van der Waals surface area contributed by atoms with Gasteiger partial charge in [0.1, 0.15) is 0 Å². The third kappa shape index (κ3) is 2.46. The Morgan fingerprint density at radius 1 is 1.30 bits per heavy atom. The van der Waals surface area contributed by atoms with Crippen molar-refractivity contribution in [2.45, 2.75) is 6.92 Å². The number of nitrogens with one attached hydrogen (secondary N) is 1. The van der Waals surface area contributed by atoms with Gasteiger partial charge in [0.25, 0.3) is 5.91 Å². The topological polar surface area (TPSA) is 80.9 Å². The molecule has 0 saturated heterocycles. The Balaban J connectivity index is 1.86. The molecule has 0 spiro atoms. The van der Waals surface area contributed by atoms with Gasteiger partial charge < -0.3 is 11.1 Å². The van der Waals surface area contributed by atoms with E-state index in [0.29, 0.717) is 16.4 Å². The van der Waals surface area contributed by atoms with Gasteiger partial charge in [-0.15, -0.1) is 0 Å². The van der Waals surface area contributed by atoms with Crippen molar-refractivity contribution >= 4 is 38.3 Å². The molecule has 1 amide bonds. The van der Waals surface area contributed by atoms with Crippen molar-refractivity contribution in [3.8, 4) is 0 Å². The Labute approximate surface area is 119 Å². The number of fused-ring (bicyclic) bond motifs is 1. The molecule has 0 aliphatic carbocycles. The number of carbonyl (C=O) groups is 1. The summed E-state index contributed by atoms with van der Waals surface area (Å²) < 4.78 is 0.900. The van der Waals surface area contributed by atoms with E-state index in [4.69, 9.17) is 5.73 Å². The molecule has 5 nitrogen and oxygen atoms in total. The van der Waals surface area contributed by atoms with E-state index in [1.165, 1.54) is 11.3 Å². The molecule has 2 heterocycles. The molecule has 6 heteroatoms. The van der Waals surface area contributed by atoms with E-state index in [9.17, 15) is 4.79 Å². The van der Waals surface area contributed by atoms with Crippen LogP contribution in [0.3, 0.4) is 0 Å². The summed E-state index contributed by atoms with van der Waals surface area (Å²) in [7, 11) is 0. The number of aryl methyl sites for hydroxylation is 1. The smallest absolute Gasteiger partial charge is 0.255 e. The van der Waals surface area contributed by atoms with Gasteiger partial charge in [-0.2, -0.15) is 0 Å². The van der Waals surface area contributed by atoms with E-state index in [2.05, 4.69) is 15.3 Å². The normalized spacial score (nSPS) is 10.7. The molecule has 0 unspecified atom stereocenters. The number of anilines is 2. The maximum absolute atomic E-state index is 12.2. The van der Waals surface area contributed by atoms with Crippen LogP contribution in [0.1, 0.15) is 16.1 Å². The lowest BCUT2D eigenvalue weighted by atomic mass is 10.2. The van der Waals surface area contributed by atoms with Crippen molar-refractivity contribution in [3.63, 3.8) is 0 Å². The highest BCUT2D eigenvalue weighted by Crippen LogP contribution is 2.24. The first-order valence-electron chi connectivity index (χ1n) is 6.02. The van der Waals surface area contributed by atoms with E-state index >= 15 is 0 Å². The minimum absolute atomic E-state index is 0.176. The molecule has 3 N–H and O–H groups in total. The third-order valence-electron chi connectivity index (χ3n) is 2.84. The summed E-state index contributed by atoms with van der Waals surface area (Å²) in [6.07, 6.45) is 1.64. The summed E-state index contributed by atoms with van der Waals surface area (Å²) in [5.41, 5.74) is 8.61. The van der Waals surface area contributed by atoms with Crippen LogP contribution < -0.4 is 11.1 Å². The first-order valence-corrected chi connectivity index (χ1v) is 6.83. The van der Waals surface area contributed by atoms with Gasteiger partial charge in [0.15, 0.2) is 5.13 Å². The summed E-state index contributed by atoms with van der Waals surface area (Å²) in [6, 6.07) is 9.00. The number of nitrogen functional groups attached to an aromatic ring is 1. The monoisotopic (exact) mass is 284 g/mol. The number of nitrogens with two attached hydrogens (primary N) is 1. The molecule has 3 aromatic rings. The van der Waals surface area contributed by atoms with Crippen LogP contribution in [0.2, 0.25) is 0 Å². The van der Waals surface area contributed by atoms with Gasteiger partial charge in [-0.05, 0) is 37.3 Å². The van der Waals surface area contributed by atoms with Crippen molar-refractivity contribution in [2.24, 2.45) is 0 Å². The maximum Gasteiger partial charge on any atom is 0.255 e. The number of carbonyl (C=O) groups excluding carboxylic acids is 1. The summed E-state index contributed by atoms with van der Waals surface area (Å²) in [6.45, 7) is 1.90. The van der Waals surface area contributed by atoms with Crippen molar-refractivity contribution in [1.82, 2.24) is 9.97 Å². The second-order valence-electron chi connectivity index (χ2n) is 4.38. The lowest BCUT2D eigenvalue weighted by molar-refractivity contribution is 0.102. The number of pyridine rings is 1. The number of hydrogen-bond donors (Lipinski definition) is 2. The molecule has 0 bridgehead atoms. The number of rotatable bonds is 2. The quantitative estimate of drug-likeness (QED) is 0.758. The number of aromatic nitrogens is 2. The first kappa shape index (κ1) is 12.6. The van der Waals surface area contributed by atoms with Crippen LogP contribution in [0.5, 0.6) is 0 Å². The Hall–Kier alpha value is -2.47. The highest BCUT2D eigenvalue weighted by atomic mass is 32.1. The van der Waals surface area contributed by atoms with Crippen LogP contribution in [0.25, 0.3) is 10.2 Å². The third-order valence-corrected chi connectivity index (χ3v) is 3.68. The van der Waals surface area contributed by atoms with Gasteiger partial charge >= 0.3 is 0 Å². The molecule has 0 radical (unpaired) electrons. The van der Waals surface area contributed by atoms with Gasteiger partial charge in [-0.1, -0.05) is 11.3 Å². The summed E-state index contributed by atoms with van der Waals surface area (Å²) in [5.74, 6) is -0.176. The highest BCUT2D eigenvalue weighted by Gasteiger charge is 2.09. The average Bonchev–Trinajstić information content (AvgIpc) is 2.80. The molecule has 0 saturated carbocycles. The first-order chi connectivity index (χ1) is 9.61. The van der Waals surface area contributed by atoms with Crippen molar-refractivity contribution in [3.05, 3.63) is 47.8 Å². The van der Waals surface area contributed by atoms with Crippen molar-refractivity contribution < 1.29 is 4.79 Å². The number of hydrogen-bond acceptors (Lipinski definition) is 5. The van der Waals surface area contributed by atoms with Crippen LogP contribution in [-0.2, 0) is 0 Å². The van der Waals surface area contributed by atoms with E-state index in [0.717, 1.165) is 15.9 Å². The second kappa shape index (κ2) is 4.90.